The molecule has 3 nitrogen and oxygen atoms in total. The highest BCUT2D eigenvalue weighted by molar-refractivity contribution is 6.29. The predicted molar refractivity (Wildman–Crippen MR) is 58.9 cm³/mol. The molecule has 0 saturated carbocycles. The number of carbonyl (C=O) groups is 1. The van der Waals surface area contributed by atoms with Crippen molar-refractivity contribution in [2.24, 2.45) is 0 Å². The van der Waals surface area contributed by atoms with Gasteiger partial charge in [-0.15, -0.1) is 11.6 Å². The number of carbonyl (C=O) groups excluding carboxylic acids is 1. The fraction of sp³-hybridized carbons (Fsp3) is 0.400. The highest BCUT2D eigenvalue weighted by Gasteiger charge is 2.27. The van der Waals surface area contributed by atoms with Crippen molar-refractivity contribution in [1.29, 1.82) is 0 Å². The first kappa shape index (κ1) is 10.7. The summed E-state index contributed by atoms with van der Waals surface area (Å²) in [5, 5.41) is 0.402. The van der Waals surface area contributed by atoms with Gasteiger partial charge < -0.3 is 4.90 Å². The topological polar surface area (TPSA) is 33.2 Å². The third kappa shape index (κ3) is 2.61. The Morgan fingerprint density at radius 2 is 2.33 bits per heavy atom. The van der Waals surface area contributed by atoms with Crippen molar-refractivity contribution < 1.29 is 4.79 Å². The molecule has 0 radical (unpaired) electrons. The molecule has 1 amide bonds. The van der Waals surface area contributed by atoms with Gasteiger partial charge in [0.15, 0.2) is 0 Å². The van der Waals surface area contributed by atoms with E-state index >= 15 is 0 Å². The van der Waals surface area contributed by atoms with Gasteiger partial charge >= 0.3 is 0 Å². The first-order valence-electron chi connectivity index (χ1n) is 4.67. The number of aromatic nitrogens is 1. The molecule has 0 aliphatic carbocycles. The second-order valence-electron chi connectivity index (χ2n) is 3.56. The van der Waals surface area contributed by atoms with Crippen LogP contribution < -0.4 is 0 Å². The summed E-state index contributed by atoms with van der Waals surface area (Å²) in [6, 6.07) is 3.58. The van der Waals surface area contributed by atoms with Crippen molar-refractivity contribution in [2.45, 2.75) is 18.3 Å². The Morgan fingerprint density at radius 3 is 2.87 bits per heavy atom. The largest absolute Gasteiger partial charge is 0.337 e. The molecule has 2 rings (SSSR count). The van der Waals surface area contributed by atoms with E-state index in [1.807, 2.05) is 6.07 Å². The van der Waals surface area contributed by atoms with Crippen LogP contribution in [0.2, 0.25) is 5.15 Å². The molecule has 0 N–H and O–H groups in total. The molecule has 1 aliphatic heterocycles. The molecule has 0 bridgehead atoms. The SMILES string of the molecule is O=C1CC(Cl)CN1Cc1ccc(Cl)nc1. The van der Waals surface area contributed by atoms with Crippen LogP contribution in [0, 0.1) is 0 Å². The number of pyridine rings is 1. The molecule has 1 saturated heterocycles. The van der Waals surface area contributed by atoms with Gasteiger partial charge in [-0.1, -0.05) is 17.7 Å². The molecule has 5 heteroatoms. The third-order valence-corrected chi connectivity index (χ3v) is 2.85. The van der Waals surface area contributed by atoms with Gasteiger partial charge in [0, 0.05) is 25.7 Å². The first-order valence-corrected chi connectivity index (χ1v) is 5.49. The molecular weight excluding hydrogens is 235 g/mol. The third-order valence-electron chi connectivity index (χ3n) is 2.33. The van der Waals surface area contributed by atoms with Gasteiger partial charge in [0.1, 0.15) is 5.15 Å². The summed E-state index contributed by atoms with van der Waals surface area (Å²) in [4.78, 5) is 17.1. The van der Waals surface area contributed by atoms with E-state index < -0.39 is 0 Å². The number of hydrogen-bond acceptors (Lipinski definition) is 2. The molecule has 1 unspecified atom stereocenters. The average Bonchev–Trinajstić information content (AvgIpc) is 2.49. The zero-order valence-corrected chi connectivity index (χ0v) is 9.50. The molecule has 1 aromatic rings. The fourth-order valence-electron chi connectivity index (χ4n) is 1.60. The zero-order valence-electron chi connectivity index (χ0n) is 7.99. The van der Waals surface area contributed by atoms with Crippen LogP contribution in [0.5, 0.6) is 0 Å². The Labute approximate surface area is 98.0 Å². The maximum absolute atomic E-state index is 11.5. The van der Waals surface area contributed by atoms with Gasteiger partial charge in [-0.25, -0.2) is 4.98 Å². The van der Waals surface area contributed by atoms with Gasteiger partial charge in [0.05, 0.1) is 5.38 Å². The van der Waals surface area contributed by atoms with Gasteiger partial charge in [-0.3, -0.25) is 4.79 Å². The second-order valence-corrected chi connectivity index (χ2v) is 4.57. The zero-order chi connectivity index (χ0) is 10.8. The molecule has 2 heterocycles. The molecule has 15 heavy (non-hydrogen) atoms. The quantitative estimate of drug-likeness (QED) is 0.590. The lowest BCUT2D eigenvalue weighted by molar-refractivity contribution is -0.128. The monoisotopic (exact) mass is 244 g/mol. The van der Waals surface area contributed by atoms with E-state index in [2.05, 4.69) is 4.98 Å². The molecule has 1 atom stereocenters. The highest BCUT2D eigenvalue weighted by Crippen LogP contribution is 2.18. The maximum atomic E-state index is 11.5. The molecule has 1 aromatic heterocycles. The highest BCUT2D eigenvalue weighted by atomic mass is 35.5. The van der Waals surface area contributed by atoms with Gasteiger partial charge in [-0.2, -0.15) is 0 Å². The van der Waals surface area contributed by atoms with Crippen LogP contribution in [0.15, 0.2) is 18.3 Å². The van der Waals surface area contributed by atoms with Crippen LogP contribution in [0.3, 0.4) is 0 Å². The van der Waals surface area contributed by atoms with Gasteiger partial charge in [-0.05, 0) is 11.6 Å². The Hall–Kier alpha value is -0.800. The minimum atomic E-state index is -0.0576. The van der Waals surface area contributed by atoms with E-state index in [1.54, 1.807) is 17.2 Å². The lowest BCUT2D eigenvalue weighted by atomic mass is 10.3. The summed E-state index contributed by atoms with van der Waals surface area (Å²) >= 11 is 11.6. The Kier molecular flexibility index (Phi) is 3.12. The summed E-state index contributed by atoms with van der Waals surface area (Å²) in [5.41, 5.74) is 0.971. The minimum Gasteiger partial charge on any atom is -0.337 e. The summed E-state index contributed by atoms with van der Waals surface area (Å²) in [5.74, 6) is 0.102. The number of rotatable bonds is 2. The second kappa shape index (κ2) is 4.37. The number of halogens is 2. The van der Waals surface area contributed by atoms with E-state index in [-0.39, 0.29) is 11.3 Å². The van der Waals surface area contributed by atoms with Crippen LogP contribution >= 0.6 is 23.2 Å². The van der Waals surface area contributed by atoms with Gasteiger partial charge in [0.2, 0.25) is 5.91 Å². The van der Waals surface area contributed by atoms with Crippen molar-refractivity contribution in [3.8, 4) is 0 Å². The normalized spacial score (nSPS) is 21.1. The molecule has 0 spiro atoms. The predicted octanol–water partition coefficient (Wildman–Crippen LogP) is 2.07. The lowest BCUT2D eigenvalue weighted by Crippen LogP contribution is -2.24. The van der Waals surface area contributed by atoms with Crippen LogP contribution in [0.25, 0.3) is 0 Å². The first-order chi connectivity index (χ1) is 7.15. The fourth-order valence-corrected chi connectivity index (χ4v) is 2.01. The van der Waals surface area contributed by atoms with Crippen LogP contribution in [0.4, 0.5) is 0 Å². The number of nitrogens with zero attached hydrogens (tertiary/aromatic N) is 2. The molecule has 1 fully saturated rings. The van der Waals surface area contributed by atoms with Crippen LogP contribution in [0.1, 0.15) is 12.0 Å². The number of hydrogen-bond donors (Lipinski definition) is 0. The van der Waals surface area contributed by atoms with E-state index in [9.17, 15) is 4.79 Å². The Morgan fingerprint density at radius 1 is 1.53 bits per heavy atom. The number of amides is 1. The van der Waals surface area contributed by atoms with Crippen molar-refractivity contribution >= 4 is 29.1 Å². The van der Waals surface area contributed by atoms with E-state index in [0.29, 0.717) is 24.7 Å². The molecular formula is C10H10Cl2N2O. The van der Waals surface area contributed by atoms with Crippen molar-refractivity contribution in [1.82, 2.24) is 9.88 Å². The van der Waals surface area contributed by atoms with E-state index in [4.69, 9.17) is 23.2 Å². The average molecular weight is 245 g/mol. The minimum absolute atomic E-state index is 0.0576. The van der Waals surface area contributed by atoms with Crippen molar-refractivity contribution in [3.05, 3.63) is 29.0 Å². The molecule has 1 aliphatic rings. The summed E-state index contributed by atoms with van der Waals surface area (Å²) < 4.78 is 0. The Balaban J connectivity index is 2.03. The summed E-state index contributed by atoms with van der Waals surface area (Å²) in [7, 11) is 0. The number of likely N-dealkylation sites (tertiary alicyclic amines) is 1. The smallest absolute Gasteiger partial charge is 0.224 e. The van der Waals surface area contributed by atoms with E-state index in [0.717, 1.165) is 5.56 Å². The summed E-state index contributed by atoms with van der Waals surface area (Å²) in [6.07, 6.45) is 2.11. The Bertz CT molecular complexity index is 366. The van der Waals surface area contributed by atoms with Crippen LogP contribution in [-0.2, 0) is 11.3 Å². The summed E-state index contributed by atoms with van der Waals surface area (Å²) in [6.45, 7) is 1.18. The van der Waals surface area contributed by atoms with Crippen LogP contribution in [-0.4, -0.2) is 27.7 Å². The van der Waals surface area contributed by atoms with Crippen molar-refractivity contribution in [3.63, 3.8) is 0 Å². The molecule has 80 valence electrons. The molecule has 0 aromatic carbocycles. The van der Waals surface area contributed by atoms with Gasteiger partial charge in [0.25, 0.3) is 0 Å². The lowest BCUT2D eigenvalue weighted by Gasteiger charge is -2.15. The maximum Gasteiger partial charge on any atom is 0.224 e. The van der Waals surface area contributed by atoms with E-state index in [1.165, 1.54) is 0 Å². The standard InChI is InChI=1S/C10H10Cl2N2O/c11-8-3-10(15)14(6-8)5-7-1-2-9(12)13-4-7/h1-2,4,8H,3,5-6H2. The van der Waals surface area contributed by atoms with Crippen molar-refractivity contribution in [2.75, 3.05) is 6.54 Å². The number of alkyl halides is 1.